The number of nitrogens with zero attached hydrogens (tertiary/aromatic N) is 1. The summed E-state index contributed by atoms with van der Waals surface area (Å²) in [7, 11) is 0. The number of thioether (sulfide) groups is 1. The summed E-state index contributed by atoms with van der Waals surface area (Å²) in [6.07, 6.45) is -0.0659. The van der Waals surface area contributed by atoms with Gasteiger partial charge in [0.1, 0.15) is 11.3 Å². The van der Waals surface area contributed by atoms with Crippen molar-refractivity contribution in [3.63, 3.8) is 0 Å². The third-order valence-corrected chi connectivity index (χ3v) is 4.95. The molecule has 2 rings (SSSR count). The summed E-state index contributed by atoms with van der Waals surface area (Å²) in [6.45, 7) is 5.00. The number of amides is 3. The van der Waals surface area contributed by atoms with Crippen LogP contribution in [-0.4, -0.2) is 51.0 Å². The van der Waals surface area contributed by atoms with E-state index in [4.69, 9.17) is 5.11 Å². The first-order valence-electron chi connectivity index (χ1n) is 7.87. The molecule has 0 aromatic heterocycles. The highest BCUT2D eigenvalue weighted by atomic mass is 32.2. The molecule has 1 heterocycles. The van der Waals surface area contributed by atoms with Crippen LogP contribution in [-0.2, 0) is 14.4 Å². The Kier molecular flexibility index (Phi) is 5.84. The molecule has 2 N–H and O–H groups in total. The number of carbonyl (C=O) groups excluding carboxylic acids is 3. The predicted molar refractivity (Wildman–Crippen MR) is 92.3 cm³/mol. The maximum Gasteiger partial charge on any atom is 0.316 e. The second kappa shape index (κ2) is 7.69. The Morgan fingerprint density at radius 2 is 1.88 bits per heavy atom. The van der Waals surface area contributed by atoms with E-state index in [1.54, 1.807) is 38.1 Å². The van der Waals surface area contributed by atoms with Crippen molar-refractivity contribution in [1.29, 1.82) is 0 Å². The van der Waals surface area contributed by atoms with Gasteiger partial charge in [0.25, 0.3) is 11.8 Å². The Hall–Kier alpha value is -2.35. The van der Waals surface area contributed by atoms with Crippen LogP contribution in [0.25, 0.3) is 0 Å². The predicted octanol–water partition coefficient (Wildman–Crippen LogP) is 1.52. The van der Waals surface area contributed by atoms with E-state index in [-0.39, 0.29) is 23.9 Å². The lowest BCUT2D eigenvalue weighted by Crippen LogP contribution is -2.43. The molecule has 1 aliphatic rings. The molecule has 0 bridgehead atoms. The van der Waals surface area contributed by atoms with Crippen LogP contribution in [0.4, 0.5) is 0 Å². The van der Waals surface area contributed by atoms with E-state index >= 15 is 0 Å². The van der Waals surface area contributed by atoms with Gasteiger partial charge in [-0.1, -0.05) is 12.1 Å². The average molecular weight is 364 g/mol. The summed E-state index contributed by atoms with van der Waals surface area (Å²) in [5, 5.41) is 10.9. The lowest BCUT2D eigenvalue weighted by Gasteiger charge is -2.19. The molecule has 1 fully saturated rings. The molecule has 1 aliphatic heterocycles. The van der Waals surface area contributed by atoms with E-state index < -0.39 is 29.1 Å². The van der Waals surface area contributed by atoms with Gasteiger partial charge in [-0.25, -0.2) is 0 Å². The molecule has 7 nitrogen and oxygen atoms in total. The normalized spacial score (nSPS) is 18.6. The van der Waals surface area contributed by atoms with Gasteiger partial charge in [-0.05, 0) is 32.9 Å². The van der Waals surface area contributed by atoms with Crippen LogP contribution in [0.2, 0.25) is 0 Å². The van der Waals surface area contributed by atoms with Crippen molar-refractivity contribution in [3.8, 4) is 0 Å². The number of nitrogens with one attached hydrogen (secondary N) is 1. The van der Waals surface area contributed by atoms with E-state index in [2.05, 4.69) is 5.32 Å². The fourth-order valence-corrected chi connectivity index (χ4v) is 3.47. The van der Waals surface area contributed by atoms with Crippen molar-refractivity contribution in [2.75, 3.05) is 0 Å². The molecule has 1 saturated heterocycles. The summed E-state index contributed by atoms with van der Waals surface area (Å²) in [5.41, 5.74) is 0.281. The topological polar surface area (TPSA) is 104 Å². The first kappa shape index (κ1) is 19.0. The number of carboxylic acid groups (broad SMARTS) is 1. The average Bonchev–Trinajstić information content (AvgIpc) is 2.81. The van der Waals surface area contributed by atoms with E-state index in [0.717, 1.165) is 16.7 Å². The Morgan fingerprint density at radius 3 is 2.44 bits per heavy atom. The van der Waals surface area contributed by atoms with Crippen LogP contribution in [0, 0.1) is 0 Å². The first-order chi connectivity index (χ1) is 11.7. The minimum Gasteiger partial charge on any atom is -0.480 e. The van der Waals surface area contributed by atoms with E-state index in [9.17, 15) is 19.2 Å². The molecule has 0 saturated carbocycles. The molecule has 25 heavy (non-hydrogen) atoms. The first-order valence-corrected chi connectivity index (χ1v) is 8.75. The third-order valence-electron chi connectivity index (χ3n) is 3.79. The molecule has 2 atom stereocenters. The molecule has 1 aromatic rings. The smallest absolute Gasteiger partial charge is 0.316 e. The highest BCUT2D eigenvalue weighted by molar-refractivity contribution is 8.00. The van der Waals surface area contributed by atoms with Gasteiger partial charge in [0.15, 0.2) is 0 Å². The van der Waals surface area contributed by atoms with Crippen LogP contribution in [0.1, 0.15) is 37.6 Å². The standard InChI is InChI=1S/C17H20N2O5S/c1-9(2)19-14(20)8-12(16(19)22)18-15(21)11-6-4-5-7-13(11)25-10(3)17(23)24/h4-7,9-10,12H,8H2,1-3H3,(H,18,21)(H,23,24). The number of likely N-dealkylation sites (tertiary alicyclic amines) is 1. The summed E-state index contributed by atoms with van der Waals surface area (Å²) < 4.78 is 0. The number of carboxylic acids is 1. The van der Waals surface area contributed by atoms with Crippen molar-refractivity contribution < 1.29 is 24.3 Å². The van der Waals surface area contributed by atoms with Crippen molar-refractivity contribution in [1.82, 2.24) is 10.2 Å². The monoisotopic (exact) mass is 364 g/mol. The van der Waals surface area contributed by atoms with Gasteiger partial charge < -0.3 is 10.4 Å². The van der Waals surface area contributed by atoms with E-state index in [0.29, 0.717) is 4.90 Å². The van der Waals surface area contributed by atoms with E-state index in [1.807, 2.05) is 0 Å². The van der Waals surface area contributed by atoms with Crippen LogP contribution in [0.15, 0.2) is 29.2 Å². The van der Waals surface area contributed by atoms with Gasteiger partial charge in [-0.15, -0.1) is 11.8 Å². The summed E-state index contributed by atoms with van der Waals surface area (Å²) in [5.74, 6) is -2.22. The number of hydrogen-bond acceptors (Lipinski definition) is 5. The van der Waals surface area contributed by atoms with Gasteiger partial charge in [0, 0.05) is 10.9 Å². The molecule has 0 radical (unpaired) electrons. The van der Waals surface area contributed by atoms with Crippen molar-refractivity contribution in [2.45, 2.75) is 49.4 Å². The zero-order valence-electron chi connectivity index (χ0n) is 14.2. The van der Waals surface area contributed by atoms with Gasteiger partial charge in [0.2, 0.25) is 5.91 Å². The van der Waals surface area contributed by atoms with Gasteiger partial charge in [-0.2, -0.15) is 0 Å². The molecule has 0 aliphatic carbocycles. The van der Waals surface area contributed by atoms with Gasteiger partial charge in [-0.3, -0.25) is 24.1 Å². The molecule has 134 valence electrons. The number of benzene rings is 1. The Morgan fingerprint density at radius 1 is 1.24 bits per heavy atom. The molecule has 0 spiro atoms. The SMILES string of the molecule is CC(Sc1ccccc1C(=O)NC1CC(=O)N(C(C)C)C1=O)C(=O)O. The largest absolute Gasteiger partial charge is 0.480 e. The second-order valence-corrected chi connectivity index (χ2v) is 7.40. The van der Waals surface area contributed by atoms with Crippen molar-refractivity contribution in [2.24, 2.45) is 0 Å². The maximum atomic E-state index is 12.5. The molecule has 1 aromatic carbocycles. The van der Waals surface area contributed by atoms with Crippen LogP contribution in [0.5, 0.6) is 0 Å². The molecule has 3 amide bonds. The Labute approximate surface area is 149 Å². The third kappa shape index (κ3) is 4.19. The lowest BCUT2D eigenvalue weighted by atomic mass is 10.2. The van der Waals surface area contributed by atoms with Gasteiger partial charge in [0.05, 0.1) is 12.0 Å². The van der Waals surface area contributed by atoms with Crippen molar-refractivity contribution in [3.05, 3.63) is 29.8 Å². The number of rotatable bonds is 6. The fourth-order valence-electron chi connectivity index (χ4n) is 2.54. The Balaban J connectivity index is 2.16. The summed E-state index contributed by atoms with van der Waals surface area (Å²) >= 11 is 1.05. The van der Waals surface area contributed by atoms with Crippen LogP contribution < -0.4 is 5.32 Å². The molecular weight excluding hydrogens is 344 g/mol. The Bertz CT molecular complexity index is 719. The highest BCUT2D eigenvalue weighted by Crippen LogP contribution is 2.27. The molecular formula is C17H20N2O5S. The zero-order valence-corrected chi connectivity index (χ0v) is 15.0. The minimum absolute atomic E-state index is 0.0659. The molecule has 8 heteroatoms. The quantitative estimate of drug-likeness (QED) is 0.586. The fraction of sp³-hybridized carbons (Fsp3) is 0.412. The summed E-state index contributed by atoms with van der Waals surface area (Å²) in [6, 6.07) is 5.43. The number of carbonyl (C=O) groups is 4. The van der Waals surface area contributed by atoms with Crippen molar-refractivity contribution >= 4 is 35.5 Å². The van der Waals surface area contributed by atoms with Crippen LogP contribution >= 0.6 is 11.8 Å². The second-order valence-electron chi connectivity index (χ2n) is 6.02. The lowest BCUT2D eigenvalue weighted by molar-refractivity contribution is -0.141. The zero-order chi connectivity index (χ0) is 18.7. The van der Waals surface area contributed by atoms with Crippen LogP contribution in [0.3, 0.4) is 0 Å². The van der Waals surface area contributed by atoms with Gasteiger partial charge >= 0.3 is 5.97 Å². The maximum absolute atomic E-state index is 12.5. The van der Waals surface area contributed by atoms with E-state index in [1.165, 1.54) is 6.92 Å². The summed E-state index contributed by atoms with van der Waals surface area (Å²) in [4.78, 5) is 49.4. The molecule has 2 unspecified atom stereocenters. The number of hydrogen-bond donors (Lipinski definition) is 2. The highest BCUT2D eigenvalue weighted by Gasteiger charge is 2.40. The minimum atomic E-state index is -0.982. The number of aliphatic carboxylic acids is 1. The number of imide groups is 1.